The van der Waals surface area contributed by atoms with Crippen molar-refractivity contribution in [3.05, 3.63) is 34.9 Å². The number of hydrogen-bond acceptors (Lipinski definition) is 2. The van der Waals surface area contributed by atoms with Crippen molar-refractivity contribution in [1.82, 2.24) is 10.6 Å². The quantitative estimate of drug-likeness (QED) is 0.826. The van der Waals surface area contributed by atoms with Gasteiger partial charge in [-0.3, -0.25) is 9.59 Å². The molecule has 4 saturated carbocycles. The second kappa shape index (κ2) is 6.07. The molecule has 0 spiro atoms. The van der Waals surface area contributed by atoms with E-state index in [1.165, 1.54) is 19.3 Å². The maximum absolute atomic E-state index is 12.4. The molecule has 5 heteroatoms. The Labute approximate surface area is 147 Å². The van der Waals surface area contributed by atoms with Gasteiger partial charge in [-0.1, -0.05) is 23.7 Å². The van der Waals surface area contributed by atoms with Crippen molar-refractivity contribution >= 4 is 23.4 Å². The summed E-state index contributed by atoms with van der Waals surface area (Å²) in [6.45, 7) is 0.338. The molecule has 4 aliphatic carbocycles. The predicted octanol–water partition coefficient (Wildman–Crippen LogP) is 3.04. The first-order valence-electron chi connectivity index (χ1n) is 8.86. The van der Waals surface area contributed by atoms with Gasteiger partial charge in [-0.2, -0.15) is 0 Å². The molecule has 2 amide bonds. The van der Waals surface area contributed by atoms with Crippen LogP contribution >= 0.6 is 11.6 Å². The minimum atomic E-state index is -0.541. The molecule has 0 aliphatic heterocycles. The Hall–Kier alpha value is -1.55. The SMILES string of the molecule is O=C(NCc1ccc(Cl)cc1)C(=O)NC12CC3CC(CC(C3)C1)C2. The Bertz CT molecular complexity index is 621. The third-order valence-electron chi connectivity index (χ3n) is 5.99. The summed E-state index contributed by atoms with van der Waals surface area (Å²) in [5.41, 5.74) is 0.805. The van der Waals surface area contributed by atoms with Crippen molar-refractivity contribution in [2.45, 2.75) is 50.6 Å². The third kappa shape index (κ3) is 3.16. The van der Waals surface area contributed by atoms with Crippen LogP contribution in [-0.2, 0) is 16.1 Å². The van der Waals surface area contributed by atoms with E-state index in [1.807, 2.05) is 12.1 Å². The number of rotatable bonds is 3. The van der Waals surface area contributed by atoms with Gasteiger partial charge < -0.3 is 10.6 Å². The highest BCUT2D eigenvalue weighted by atomic mass is 35.5. The first-order chi connectivity index (χ1) is 11.5. The summed E-state index contributed by atoms with van der Waals surface area (Å²) in [4.78, 5) is 24.5. The van der Waals surface area contributed by atoms with E-state index in [1.54, 1.807) is 12.1 Å². The van der Waals surface area contributed by atoms with Gasteiger partial charge in [0.05, 0.1) is 0 Å². The van der Waals surface area contributed by atoms with Crippen LogP contribution in [0.2, 0.25) is 5.02 Å². The summed E-state index contributed by atoms with van der Waals surface area (Å²) in [7, 11) is 0. The van der Waals surface area contributed by atoms with Gasteiger partial charge in [0, 0.05) is 17.1 Å². The standard InChI is InChI=1S/C19H23ClN2O2/c20-16-3-1-12(2-4-16)11-21-17(23)18(24)22-19-8-13-5-14(9-19)7-15(6-13)10-19/h1-4,13-15H,5-11H2,(H,21,23)(H,22,24). The van der Waals surface area contributed by atoms with Crippen molar-refractivity contribution in [3.63, 3.8) is 0 Å². The molecule has 4 fully saturated rings. The van der Waals surface area contributed by atoms with Crippen LogP contribution in [-0.4, -0.2) is 17.4 Å². The Kier molecular flexibility index (Phi) is 4.03. The highest BCUT2D eigenvalue weighted by Gasteiger charge is 2.51. The third-order valence-corrected chi connectivity index (χ3v) is 6.24. The molecular formula is C19H23ClN2O2. The van der Waals surface area contributed by atoms with Crippen molar-refractivity contribution in [3.8, 4) is 0 Å². The topological polar surface area (TPSA) is 58.2 Å². The van der Waals surface area contributed by atoms with Gasteiger partial charge in [-0.15, -0.1) is 0 Å². The van der Waals surface area contributed by atoms with Crippen LogP contribution in [0.25, 0.3) is 0 Å². The van der Waals surface area contributed by atoms with E-state index in [2.05, 4.69) is 10.6 Å². The molecule has 5 rings (SSSR count). The summed E-state index contributed by atoms with van der Waals surface area (Å²) >= 11 is 5.85. The van der Waals surface area contributed by atoms with E-state index in [0.717, 1.165) is 42.6 Å². The zero-order chi connectivity index (χ0) is 16.7. The molecular weight excluding hydrogens is 324 g/mol. The van der Waals surface area contributed by atoms with Gasteiger partial charge >= 0.3 is 11.8 Å². The van der Waals surface area contributed by atoms with Gasteiger partial charge in [-0.25, -0.2) is 0 Å². The monoisotopic (exact) mass is 346 g/mol. The Balaban J connectivity index is 1.34. The molecule has 128 valence electrons. The van der Waals surface area contributed by atoms with Crippen LogP contribution in [0.4, 0.5) is 0 Å². The average molecular weight is 347 g/mol. The van der Waals surface area contributed by atoms with Gasteiger partial charge in [-0.05, 0) is 74.0 Å². The minimum absolute atomic E-state index is 0.122. The first kappa shape index (κ1) is 15.9. The molecule has 1 aromatic carbocycles. The molecule has 24 heavy (non-hydrogen) atoms. The molecule has 0 radical (unpaired) electrons. The maximum Gasteiger partial charge on any atom is 0.309 e. The van der Waals surface area contributed by atoms with E-state index in [4.69, 9.17) is 11.6 Å². The molecule has 0 atom stereocenters. The van der Waals surface area contributed by atoms with Crippen LogP contribution in [0.3, 0.4) is 0 Å². The lowest BCUT2D eigenvalue weighted by molar-refractivity contribution is -0.142. The smallest absolute Gasteiger partial charge is 0.309 e. The lowest BCUT2D eigenvalue weighted by atomic mass is 9.53. The lowest BCUT2D eigenvalue weighted by Crippen LogP contribution is -2.61. The van der Waals surface area contributed by atoms with Crippen molar-refractivity contribution in [1.29, 1.82) is 0 Å². The molecule has 2 N–H and O–H groups in total. The summed E-state index contributed by atoms with van der Waals surface area (Å²) in [5.74, 6) is 1.21. The van der Waals surface area contributed by atoms with Gasteiger partial charge in [0.15, 0.2) is 0 Å². The Morgan fingerprint density at radius 3 is 2.04 bits per heavy atom. The van der Waals surface area contributed by atoms with Crippen LogP contribution < -0.4 is 10.6 Å². The number of nitrogens with one attached hydrogen (secondary N) is 2. The molecule has 0 unspecified atom stereocenters. The molecule has 1 aromatic rings. The van der Waals surface area contributed by atoms with E-state index >= 15 is 0 Å². The predicted molar refractivity (Wildman–Crippen MR) is 92.3 cm³/mol. The fourth-order valence-corrected chi connectivity index (χ4v) is 5.55. The van der Waals surface area contributed by atoms with Gasteiger partial charge in [0.1, 0.15) is 0 Å². The summed E-state index contributed by atoms with van der Waals surface area (Å²) in [5, 5.41) is 6.46. The second-order valence-electron chi connectivity index (χ2n) is 7.96. The Morgan fingerprint density at radius 1 is 0.958 bits per heavy atom. The van der Waals surface area contributed by atoms with Crippen molar-refractivity contribution in [2.75, 3.05) is 0 Å². The van der Waals surface area contributed by atoms with E-state index in [-0.39, 0.29) is 5.54 Å². The molecule has 0 heterocycles. The van der Waals surface area contributed by atoms with E-state index in [0.29, 0.717) is 11.6 Å². The van der Waals surface area contributed by atoms with Gasteiger partial charge in [0.2, 0.25) is 0 Å². The fourth-order valence-electron chi connectivity index (χ4n) is 5.43. The van der Waals surface area contributed by atoms with Gasteiger partial charge in [0.25, 0.3) is 0 Å². The number of hydrogen-bond donors (Lipinski definition) is 2. The van der Waals surface area contributed by atoms with Crippen molar-refractivity contribution < 1.29 is 9.59 Å². The molecule has 0 saturated heterocycles. The number of carbonyl (C=O) groups excluding carboxylic acids is 2. The normalized spacial score (nSPS) is 33.3. The largest absolute Gasteiger partial charge is 0.344 e. The highest BCUT2D eigenvalue weighted by Crippen LogP contribution is 2.55. The highest BCUT2D eigenvalue weighted by molar-refractivity contribution is 6.35. The molecule has 4 nitrogen and oxygen atoms in total. The first-order valence-corrected chi connectivity index (χ1v) is 9.24. The van der Waals surface area contributed by atoms with E-state index < -0.39 is 11.8 Å². The number of halogens is 1. The zero-order valence-corrected chi connectivity index (χ0v) is 14.4. The Morgan fingerprint density at radius 2 is 1.50 bits per heavy atom. The van der Waals surface area contributed by atoms with Crippen LogP contribution in [0.1, 0.15) is 44.1 Å². The molecule has 4 bridgehead atoms. The summed E-state index contributed by atoms with van der Waals surface area (Å²) in [6, 6.07) is 7.25. The average Bonchev–Trinajstić information content (AvgIpc) is 2.52. The van der Waals surface area contributed by atoms with Crippen molar-refractivity contribution in [2.24, 2.45) is 17.8 Å². The zero-order valence-electron chi connectivity index (χ0n) is 13.7. The lowest BCUT2D eigenvalue weighted by Gasteiger charge is -2.56. The number of carbonyl (C=O) groups is 2. The maximum atomic E-state index is 12.4. The second-order valence-corrected chi connectivity index (χ2v) is 8.40. The van der Waals surface area contributed by atoms with Crippen LogP contribution in [0.5, 0.6) is 0 Å². The van der Waals surface area contributed by atoms with E-state index in [9.17, 15) is 9.59 Å². The minimum Gasteiger partial charge on any atom is -0.344 e. The summed E-state index contributed by atoms with van der Waals surface area (Å²) in [6.07, 6.45) is 7.10. The molecule has 0 aromatic heterocycles. The number of benzene rings is 1. The fraction of sp³-hybridized carbons (Fsp3) is 0.579. The summed E-state index contributed by atoms with van der Waals surface area (Å²) < 4.78 is 0. The number of amides is 2. The van der Waals surface area contributed by atoms with Crippen LogP contribution in [0, 0.1) is 17.8 Å². The van der Waals surface area contributed by atoms with Crippen LogP contribution in [0.15, 0.2) is 24.3 Å². The molecule has 4 aliphatic rings.